The maximum absolute atomic E-state index is 12.1. The van der Waals surface area contributed by atoms with Crippen LogP contribution in [0.3, 0.4) is 0 Å². The largest absolute Gasteiger partial charge is 0.324 e. The Morgan fingerprint density at radius 3 is 2.73 bits per heavy atom. The lowest BCUT2D eigenvalue weighted by Gasteiger charge is -2.19. The maximum atomic E-state index is 12.1. The van der Waals surface area contributed by atoms with E-state index in [1.807, 2.05) is 24.3 Å². The summed E-state index contributed by atoms with van der Waals surface area (Å²) >= 11 is 0. The summed E-state index contributed by atoms with van der Waals surface area (Å²) in [5.41, 5.74) is 1.41. The van der Waals surface area contributed by atoms with Gasteiger partial charge in [-0.1, -0.05) is 12.1 Å². The van der Waals surface area contributed by atoms with Crippen molar-refractivity contribution in [1.82, 2.24) is 5.32 Å². The maximum Gasteiger partial charge on any atom is 0.224 e. The molecule has 2 rings (SSSR count). The third-order valence-electron chi connectivity index (χ3n) is 3.95. The molecule has 1 heterocycles. The van der Waals surface area contributed by atoms with E-state index in [2.05, 4.69) is 10.6 Å². The Morgan fingerprint density at radius 2 is 2.09 bits per heavy atom. The number of halogens is 1. The summed E-state index contributed by atoms with van der Waals surface area (Å²) in [4.78, 5) is 25.1. The van der Waals surface area contributed by atoms with Gasteiger partial charge in [-0.15, -0.1) is 12.4 Å². The van der Waals surface area contributed by atoms with Crippen molar-refractivity contribution >= 4 is 35.6 Å². The number of carbonyl (C=O) groups excluding carboxylic acids is 2. The third-order valence-corrected chi connectivity index (χ3v) is 3.95. The number of hydrogen-bond acceptors (Lipinski definition) is 3. The molecule has 1 unspecified atom stereocenters. The summed E-state index contributed by atoms with van der Waals surface area (Å²) < 4.78 is 0. The first-order chi connectivity index (χ1) is 10.1. The predicted octanol–water partition coefficient (Wildman–Crippen LogP) is 2.42. The molecule has 0 spiro atoms. The van der Waals surface area contributed by atoms with E-state index >= 15 is 0 Å². The van der Waals surface area contributed by atoms with Crippen LogP contribution in [0, 0.1) is 5.92 Å². The highest BCUT2D eigenvalue weighted by molar-refractivity contribution is 5.99. The molecule has 2 N–H and O–H groups in total. The van der Waals surface area contributed by atoms with Crippen LogP contribution in [0.25, 0.3) is 0 Å². The Hall–Kier alpha value is -1.59. The van der Waals surface area contributed by atoms with Crippen LogP contribution in [0.2, 0.25) is 0 Å². The predicted molar refractivity (Wildman–Crippen MR) is 91.6 cm³/mol. The molecule has 2 amide bonds. The summed E-state index contributed by atoms with van der Waals surface area (Å²) in [5.74, 6) is 0.547. The van der Waals surface area contributed by atoms with Gasteiger partial charge in [-0.25, -0.2) is 0 Å². The molecule has 0 aromatic heterocycles. The standard InChI is InChI=1S/C16H23N3O2.ClH/c1-12(20)19(2)15-6-4-3-5-14(15)18-16(21)8-7-13-9-10-17-11-13;/h3-6,13,17H,7-11H2,1-2H3,(H,18,21);1H. The van der Waals surface area contributed by atoms with Crippen molar-refractivity contribution in [3.8, 4) is 0 Å². The summed E-state index contributed by atoms with van der Waals surface area (Å²) in [7, 11) is 1.71. The molecule has 1 fully saturated rings. The van der Waals surface area contributed by atoms with Crippen LogP contribution in [0.15, 0.2) is 24.3 Å². The van der Waals surface area contributed by atoms with Gasteiger partial charge in [0.15, 0.2) is 0 Å². The van der Waals surface area contributed by atoms with Crippen LogP contribution in [-0.2, 0) is 9.59 Å². The van der Waals surface area contributed by atoms with Gasteiger partial charge in [0.25, 0.3) is 0 Å². The molecule has 0 bridgehead atoms. The number of hydrogen-bond donors (Lipinski definition) is 2. The van der Waals surface area contributed by atoms with Crippen LogP contribution < -0.4 is 15.5 Å². The molecule has 5 nitrogen and oxygen atoms in total. The van der Waals surface area contributed by atoms with Crippen molar-refractivity contribution in [3.63, 3.8) is 0 Å². The minimum Gasteiger partial charge on any atom is -0.324 e. The van der Waals surface area contributed by atoms with Gasteiger partial charge in [-0.3, -0.25) is 9.59 Å². The fourth-order valence-corrected chi connectivity index (χ4v) is 2.55. The van der Waals surface area contributed by atoms with Gasteiger partial charge < -0.3 is 15.5 Å². The monoisotopic (exact) mass is 325 g/mol. The summed E-state index contributed by atoms with van der Waals surface area (Å²) in [6.45, 7) is 3.57. The summed E-state index contributed by atoms with van der Waals surface area (Å²) in [6.07, 6.45) is 2.57. The fraction of sp³-hybridized carbons (Fsp3) is 0.500. The number of rotatable bonds is 5. The zero-order valence-electron chi connectivity index (χ0n) is 13.1. The van der Waals surface area contributed by atoms with Gasteiger partial charge in [-0.05, 0) is 44.0 Å². The van der Waals surface area contributed by atoms with E-state index in [1.54, 1.807) is 7.05 Å². The second-order valence-electron chi connectivity index (χ2n) is 5.54. The minimum absolute atomic E-state index is 0. The van der Waals surface area contributed by atoms with Gasteiger partial charge in [0.05, 0.1) is 11.4 Å². The highest BCUT2D eigenvalue weighted by Gasteiger charge is 2.17. The van der Waals surface area contributed by atoms with Gasteiger partial charge in [0, 0.05) is 20.4 Å². The number of nitrogens with zero attached hydrogens (tertiary/aromatic N) is 1. The minimum atomic E-state index is -0.0614. The molecule has 22 heavy (non-hydrogen) atoms. The number of amides is 2. The fourth-order valence-electron chi connectivity index (χ4n) is 2.55. The first-order valence-electron chi connectivity index (χ1n) is 7.42. The molecule has 0 aliphatic carbocycles. The number of carbonyl (C=O) groups is 2. The van der Waals surface area contributed by atoms with Crippen molar-refractivity contribution in [3.05, 3.63) is 24.3 Å². The quantitative estimate of drug-likeness (QED) is 0.874. The van der Waals surface area contributed by atoms with Gasteiger partial charge >= 0.3 is 0 Å². The van der Waals surface area contributed by atoms with E-state index in [-0.39, 0.29) is 24.2 Å². The molecular formula is C16H24ClN3O2. The Bertz CT molecular complexity index is 516. The van der Waals surface area contributed by atoms with Gasteiger partial charge in [0.2, 0.25) is 11.8 Å². The molecule has 1 saturated heterocycles. The van der Waals surface area contributed by atoms with Crippen molar-refractivity contribution in [1.29, 1.82) is 0 Å². The molecular weight excluding hydrogens is 302 g/mol. The zero-order valence-corrected chi connectivity index (χ0v) is 13.9. The average Bonchev–Trinajstić information content (AvgIpc) is 2.98. The smallest absolute Gasteiger partial charge is 0.224 e. The first-order valence-corrected chi connectivity index (χ1v) is 7.42. The van der Waals surface area contributed by atoms with Crippen molar-refractivity contribution in [2.24, 2.45) is 5.92 Å². The lowest BCUT2D eigenvalue weighted by molar-refractivity contribution is -0.117. The second kappa shape index (κ2) is 8.76. The molecule has 122 valence electrons. The van der Waals surface area contributed by atoms with Crippen LogP contribution >= 0.6 is 12.4 Å². The third kappa shape index (κ3) is 5.00. The highest BCUT2D eigenvalue weighted by Crippen LogP contribution is 2.25. The van der Waals surface area contributed by atoms with Crippen LogP contribution in [-0.4, -0.2) is 32.0 Å². The van der Waals surface area contributed by atoms with E-state index in [0.29, 0.717) is 18.0 Å². The highest BCUT2D eigenvalue weighted by atomic mass is 35.5. The van der Waals surface area contributed by atoms with Crippen molar-refractivity contribution in [2.75, 3.05) is 30.4 Å². The Kier molecular flexibility index (Phi) is 7.35. The first kappa shape index (κ1) is 18.5. The second-order valence-corrected chi connectivity index (χ2v) is 5.54. The van der Waals surface area contributed by atoms with Gasteiger partial charge in [0.1, 0.15) is 0 Å². The van der Waals surface area contributed by atoms with E-state index in [9.17, 15) is 9.59 Å². The van der Waals surface area contributed by atoms with E-state index in [0.717, 1.165) is 31.6 Å². The Morgan fingerprint density at radius 1 is 1.36 bits per heavy atom. The molecule has 1 aromatic rings. The molecule has 1 aliphatic heterocycles. The molecule has 6 heteroatoms. The number of nitrogens with one attached hydrogen (secondary N) is 2. The molecule has 0 radical (unpaired) electrons. The zero-order chi connectivity index (χ0) is 15.2. The van der Waals surface area contributed by atoms with Gasteiger partial charge in [-0.2, -0.15) is 0 Å². The number of para-hydroxylation sites is 2. The van der Waals surface area contributed by atoms with E-state index in [1.165, 1.54) is 11.8 Å². The van der Waals surface area contributed by atoms with Crippen LogP contribution in [0.4, 0.5) is 11.4 Å². The Balaban J connectivity index is 0.00000242. The van der Waals surface area contributed by atoms with Crippen LogP contribution in [0.1, 0.15) is 26.2 Å². The normalized spacial score (nSPS) is 16.7. The molecule has 1 aliphatic rings. The molecule has 1 atom stereocenters. The van der Waals surface area contributed by atoms with Crippen LogP contribution in [0.5, 0.6) is 0 Å². The lowest BCUT2D eigenvalue weighted by atomic mass is 10.0. The molecule has 0 saturated carbocycles. The van der Waals surface area contributed by atoms with E-state index in [4.69, 9.17) is 0 Å². The SMILES string of the molecule is CC(=O)N(C)c1ccccc1NC(=O)CCC1CCNC1.Cl. The summed E-state index contributed by atoms with van der Waals surface area (Å²) in [5, 5.41) is 6.22. The number of benzene rings is 1. The summed E-state index contributed by atoms with van der Waals surface area (Å²) in [6, 6.07) is 7.37. The number of anilines is 2. The Labute approximate surface area is 137 Å². The van der Waals surface area contributed by atoms with Crippen molar-refractivity contribution in [2.45, 2.75) is 26.2 Å². The van der Waals surface area contributed by atoms with E-state index < -0.39 is 0 Å². The lowest BCUT2D eigenvalue weighted by Crippen LogP contribution is -2.25. The van der Waals surface area contributed by atoms with Crippen molar-refractivity contribution < 1.29 is 9.59 Å². The average molecular weight is 326 g/mol. The topological polar surface area (TPSA) is 61.4 Å². The molecule has 1 aromatic carbocycles.